The van der Waals surface area contributed by atoms with Gasteiger partial charge >= 0.3 is 323 Å². The van der Waals surface area contributed by atoms with E-state index in [-0.39, 0.29) is 10.8 Å². The Bertz CT molecular complexity index is 2860. The molecule has 1 aliphatic heterocycles. The van der Waals surface area contributed by atoms with Crippen molar-refractivity contribution in [2.45, 2.75) is 71.6 Å². The van der Waals surface area contributed by atoms with Crippen LogP contribution in [-0.4, -0.2) is 20.7 Å². The van der Waals surface area contributed by atoms with Gasteiger partial charge in [-0.1, -0.05) is 20.8 Å². The van der Waals surface area contributed by atoms with E-state index in [1.807, 2.05) is 6.20 Å². The first kappa shape index (κ1) is 39.7. The van der Waals surface area contributed by atoms with Gasteiger partial charge in [-0.05, 0) is 17.0 Å². The molecule has 0 N–H and O–H groups in total. The summed E-state index contributed by atoms with van der Waals surface area (Å²) in [4.78, 5) is 7.16. The molecule has 0 spiro atoms. The van der Waals surface area contributed by atoms with E-state index in [1.54, 1.807) is 0 Å². The second kappa shape index (κ2) is 15.7. The van der Waals surface area contributed by atoms with Crippen LogP contribution in [0.5, 0.6) is 11.5 Å². The van der Waals surface area contributed by atoms with Crippen molar-refractivity contribution >= 4 is 22.5 Å². The molecule has 304 valence electrons. The van der Waals surface area contributed by atoms with E-state index in [4.69, 9.17) is 9.72 Å². The number of ether oxygens (including phenoxy) is 1. The average molecular weight is 966 g/mol. The van der Waals surface area contributed by atoms with Crippen molar-refractivity contribution in [2.24, 2.45) is 0 Å². The van der Waals surface area contributed by atoms with E-state index >= 15 is 0 Å². The standard InChI is InChI=1S/C54H50N4O.Pt/c1-37-28-30-56(51-33-40(27-29-55-51)53(2,3)4)50-35-43(25-26-45(37)50)59-44-32-41(54(5,6)7)31-42(34-44)57-36-58(49-24-15-14-23-48(49)57)52-46(38-17-10-8-11-18-38)21-16-22-47(52)39-19-12-9-13-20-39;/h8-27,29,31-33,37H,28,30H2,1-7H3;/q-2;. The number of benzene rings is 6. The molecule has 0 bridgehead atoms. The molecule has 2 aromatic heterocycles. The summed E-state index contributed by atoms with van der Waals surface area (Å²) in [7, 11) is 0. The Morgan fingerprint density at radius 2 is 1.25 bits per heavy atom. The Morgan fingerprint density at radius 3 is 1.88 bits per heavy atom. The molecule has 0 amide bonds. The van der Waals surface area contributed by atoms with Gasteiger partial charge in [0, 0.05) is 6.20 Å². The van der Waals surface area contributed by atoms with Gasteiger partial charge in [-0.3, -0.25) is 0 Å². The Hall–Kier alpha value is -5.77. The van der Waals surface area contributed by atoms with E-state index in [0.717, 1.165) is 78.5 Å². The van der Waals surface area contributed by atoms with Crippen molar-refractivity contribution in [3.63, 3.8) is 0 Å². The third-order valence-corrected chi connectivity index (χ3v) is 12.7. The number of imidazole rings is 1. The van der Waals surface area contributed by atoms with Crippen molar-refractivity contribution in [2.75, 3.05) is 11.4 Å². The van der Waals surface area contributed by atoms with Gasteiger partial charge < -0.3 is 0 Å². The number of anilines is 2. The Morgan fingerprint density at radius 1 is 0.633 bits per heavy atom. The molecule has 0 radical (unpaired) electrons. The summed E-state index contributed by atoms with van der Waals surface area (Å²) in [5, 5.41) is 0. The molecule has 0 saturated carbocycles. The van der Waals surface area contributed by atoms with Gasteiger partial charge in [0.05, 0.1) is 0 Å². The Kier molecular flexibility index (Phi) is 10.4. The van der Waals surface area contributed by atoms with Crippen LogP contribution < -0.4 is 9.64 Å². The molecule has 6 aromatic carbocycles. The number of rotatable bonds is 7. The van der Waals surface area contributed by atoms with E-state index in [1.165, 1.54) is 11.1 Å². The van der Waals surface area contributed by atoms with E-state index in [2.05, 4.69) is 234 Å². The summed E-state index contributed by atoms with van der Waals surface area (Å²) < 4.78 is 12.6. The molecule has 6 heteroatoms. The number of para-hydroxylation sites is 3. The normalized spacial score (nSPS) is 14.3. The van der Waals surface area contributed by atoms with Gasteiger partial charge in [-0.15, -0.1) is 0 Å². The molecular weight excluding hydrogens is 916 g/mol. The Balaban J connectivity index is 1.20. The number of aromatic nitrogens is 3. The summed E-state index contributed by atoms with van der Waals surface area (Å²) in [6.07, 6.45) is 2.97. The third-order valence-electron chi connectivity index (χ3n) is 11.7. The van der Waals surface area contributed by atoms with Crippen molar-refractivity contribution < 1.29 is 24.1 Å². The van der Waals surface area contributed by atoms with Crippen LogP contribution in [0.15, 0.2) is 146 Å². The molecule has 9 rings (SSSR count). The van der Waals surface area contributed by atoms with Crippen LogP contribution in [0.2, 0.25) is 0 Å². The van der Waals surface area contributed by atoms with E-state index < -0.39 is 0 Å². The van der Waals surface area contributed by atoms with Crippen LogP contribution >= 0.6 is 0 Å². The second-order valence-electron chi connectivity index (χ2n) is 17.9. The zero-order valence-corrected chi connectivity index (χ0v) is 37.6. The molecule has 0 aliphatic carbocycles. The van der Waals surface area contributed by atoms with Crippen molar-refractivity contribution in [1.82, 2.24) is 14.1 Å². The predicted octanol–water partition coefficient (Wildman–Crippen LogP) is 13.9. The maximum atomic E-state index is 6.86. The molecule has 8 aromatic rings. The van der Waals surface area contributed by atoms with Gasteiger partial charge in [-0.25, -0.2) is 0 Å². The minimum atomic E-state index is -0.164. The molecule has 1 unspecified atom stereocenters. The monoisotopic (exact) mass is 965 g/mol. The summed E-state index contributed by atoms with van der Waals surface area (Å²) in [5.41, 5.74) is 13.4. The first-order valence-corrected chi connectivity index (χ1v) is 22.0. The van der Waals surface area contributed by atoms with Crippen LogP contribution in [-0.2, 0) is 30.2 Å². The third kappa shape index (κ3) is 7.50. The van der Waals surface area contributed by atoms with Crippen LogP contribution in [0, 0.1) is 15.9 Å². The van der Waals surface area contributed by atoms with Crippen molar-refractivity contribution in [3.8, 4) is 45.1 Å². The summed E-state index contributed by atoms with van der Waals surface area (Å²) in [6.45, 7) is 16.6. The van der Waals surface area contributed by atoms with E-state index in [9.17, 15) is 0 Å². The molecule has 0 fully saturated rings. The summed E-state index contributed by atoms with van der Waals surface area (Å²) in [5.74, 6) is 2.64. The number of fused-ring (bicyclic) bond motifs is 2. The van der Waals surface area contributed by atoms with E-state index in [0.29, 0.717) is 17.4 Å². The summed E-state index contributed by atoms with van der Waals surface area (Å²) in [6, 6.07) is 57.2. The summed E-state index contributed by atoms with van der Waals surface area (Å²) >= 11 is 2.51. The molecule has 1 atom stereocenters. The number of hydrogen-bond donors (Lipinski definition) is 0. The van der Waals surface area contributed by atoms with Gasteiger partial charge in [0.15, 0.2) is 0 Å². The van der Waals surface area contributed by atoms with Crippen LogP contribution in [0.3, 0.4) is 0 Å². The predicted molar refractivity (Wildman–Crippen MR) is 243 cm³/mol. The quantitative estimate of drug-likeness (QED) is 0.149. The van der Waals surface area contributed by atoms with Crippen LogP contribution in [0.1, 0.15) is 77.5 Å². The van der Waals surface area contributed by atoms with Gasteiger partial charge in [0.25, 0.3) is 0 Å². The first-order valence-electron chi connectivity index (χ1n) is 20.8. The SMILES string of the molecule is CC1CCN(c2cc(C(C)(C)C)ccn2)c2[c-]c(Oc3[c-]c(-n4[c](=[Pt])n(-c5c(-c6ccccc6)cccc5-c5ccccc5)c5ccccc54)cc(C(C)(C)C)c3)ccc21. The second-order valence-corrected chi connectivity index (χ2v) is 18.9. The number of nitrogens with zero attached hydrogens (tertiary/aromatic N) is 4. The number of pyridine rings is 1. The zero-order chi connectivity index (χ0) is 41.8. The molecule has 1 aliphatic rings. The molecule has 60 heavy (non-hydrogen) atoms. The van der Waals surface area contributed by atoms with Gasteiger partial charge in [0.1, 0.15) is 0 Å². The fraction of sp³-hybridized carbons (Fsp3) is 0.222. The Labute approximate surface area is 365 Å². The van der Waals surface area contributed by atoms with Crippen LogP contribution in [0.4, 0.5) is 11.5 Å². The van der Waals surface area contributed by atoms with Gasteiger partial charge in [0.2, 0.25) is 0 Å². The molecule has 0 saturated heterocycles. The maximum absolute atomic E-state index is 6.86. The van der Waals surface area contributed by atoms with Gasteiger partial charge in [-0.2, -0.15) is 0 Å². The minimum absolute atomic E-state index is 0.0154. The van der Waals surface area contributed by atoms with Crippen molar-refractivity contribution in [1.29, 1.82) is 0 Å². The fourth-order valence-corrected chi connectivity index (χ4v) is 9.38. The molecule has 5 nitrogen and oxygen atoms in total. The fourth-order valence-electron chi connectivity index (χ4n) is 8.30. The van der Waals surface area contributed by atoms with Crippen molar-refractivity contribution in [3.05, 3.63) is 178 Å². The number of hydrogen-bond acceptors (Lipinski definition) is 3. The first-order chi connectivity index (χ1) is 28.8. The molecular formula is C54H50N4OPt-2. The zero-order valence-electron chi connectivity index (χ0n) is 35.4. The average Bonchev–Trinajstić information content (AvgIpc) is 3.54. The molecule has 3 heterocycles. The van der Waals surface area contributed by atoms with Crippen LogP contribution in [0.25, 0.3) is 44.7 Å². The topological polar surface area (TPSA) is 35.2 Å².